The van der Waals surface area contributed by atoms with Gasteiger partial charge in [0.2, 0.25) is 5.91 Å². The van der Waals surface area contributed by atoms with E-state index >= 15 is 0 Å². The minimum atomic E-state index is 0.276. The number of carbonyl (C=O) groups excluding carboxylic acids is 1. The normalized spacial score (nSPS) is 10.6. The lowest BCUT2D eigenvalue weighted by Crippen LogP contribution is -2.32. The first-order valence-corrected chi connectivity index (χ1v) is 8.46. The van der Waals surface area contributed by atoms with Crippen LogP contribution in [0.3, 0.4) is 0 Å². The molecule has 3 heteroatoms. The maximum absolute atomic E-state index is 12.1. The van der Waals surface area contributed by atoms with E-state index in [1.54, 1.807) is 11.3 Å². The van der Waals surface area contributed by atoms with Crippen molar-refractivity contribution in [2.45, 2.75) is 58.8 Å². The molecular weight excluding hydrogens is 254 g/mol. The van der Waals surface area contributed by atoms with E-state index in [0.29, 0.717) is 6.42 Å². The zero-order valence-electron chi connectivity index (χ0n) is 12.4. The molecule has 0 bridgehead atoms. The molecule has 0 aliphatic heterocycles. The summed E-state index contributed by atoms with van der Waals surface area (Å²) in [4.78, 5) is 15.3. The van der Waals surface area contributed by atoms with Gasteiger partial charge in [-0.1, -0.05) is 45.1 Å². The number of rotatable bonds is 10. The fraction of sp³-hybridized carbons (Fsp3) is 0.688. The smallest absolute Gasteiger partial charge is 0.227 e. The molecule has 0 atom stereocenters. The molecule has 1 aromatic rings. The molecule has 0 aliphatic carbocycles. The Labute approximate surface area is 121 Å². The van der Waals surface area contributed by atoms with E-state index < -0.39 is 0 Å². The number of unbranched alkanes of at least 4 members (excludes halogenated alkanes) is 5. The van der Waals surface area contributed by atoms with E-state index in [-0.39, 0.29) is 5.91 Å². The molecule has 1 heterocycles. The van der Waals surface area contributed by atoms with Gasteiger partial charge in [-0.25, -0.2) is 0 Å². The highest BCUT2D eigenvalue weighted by atomic mass is 32.1. The van der Waals surface area contributed by atoms with Gasteiger partial charge in [0.05, 0.1) is 6.42 Å². The summed E-state index contributed by atoms with van der Waals surface area (Å²) < 4.78 is 0. The summed E-state index contributed by atoms with van der Waals surface area (Å²) in [6.07, 6.45) is 8.25. The minimum absolute atomic E-state index is 0.276. The van der Waals surface area contributed by atoms with Crippen LogP contribution in [-0.2, 0) is 11.2 Å². The molecule has 0 spiro atoms. The van der Waals surface area contributed by atoms with Crippen LogP contribution in [0.4, 0.5) is 0 Å². The van der Waals surface area contributed by atoms with Gasteiger partial charge >= 0.3 is 0 Å². The second-order valence-corrected chi connectivity index (χ2v) is 6.03. The summed E-state index contributed by atoms with van der Waals surface area (Å²) in [5.41, 5.74) is 0. The van der Waals surface area contributed by atoms with Crippen LogP contribution in [0.15, 0.2) is 17.5 Å². The van der Waals surface area contributed by atoms with Gasteiger partial charge in [0.25, 0.3) is 0 Å². The maximum atomic E-state index is 12.1. The van der Waals surface area contributed by atoms with Crippen LogP contribution in [-0.4, -0.2) is 23.9 Å². The van der Waals surface area contributed by atoms with Crippen LogP contribution in [0.2, 0.25) is 0 Å². The van der Waals surface area contributed by atoms with Crippen molar-refractivity contribution in [2.24, 2.45) is 0 Å². The Morgan fingerprint density at radius 1 is 1.16 bits per heavy atom. The predicted molar refractivity (Wildman–Crippen MR) is 83.7 cm³/mol. The van der Waals surface area contributed by atoms with Gasteiger partial charge in [-0.2, -0.15) is 0 Å². The molecule has 0 unspecified atom stereocenters. The molecule has 108 valence electrons. The molecule has 19 heavy (non-hydrogen) atoms. The quantitative estimate of drug-likeness (QED) is 0.578. The zero-order valence-corrected chi connectivity index (χ0v) is 13.2. The van der Waals surface area contributed by atoms with E-state index in [2.05, 4.69) is 13.8 Å². The van der Waals surface area contributed by atoms with Crippen molar-refractivity contribution in [1.82, 2.24) is 4.90 Å². The summed E-state index contributed by atoms with van der Waals surface area (Å²) in [6.45, 7) is 6.07. The molecule has 0 fully saturated rings. The predicted octanol–water partition coefficient (Wildman–Crippen LogP) is 4.50. The van der Waals surface area contributed by atoms with E-state index in [1.807, 2.05) is 22.4 Å². The van der Waals surface area contributed by atoms with E-state index in [4.69, 9.17) is 0 Å². The number of carbonyl (C=O) groups is 1. The Morgan fingerprint density at radius 2 is 1.89 bits per heavy atom. The lowest BCUT2D eigenvalue weighted by Gasteiger charge is -2.20. The molecule has 0 N–H and O–H groups in total. The third kappa shape index (κ3) is 6.76. The average molecular weight is 281 g/mol. The summed E-state index contributed by atoms with van der Waals surface area (Å²) >= 11 is 1.67. The van der Waals surface area contributed by atoms with Crippen LogP contribution in [0.5, 0.6) is 0 Å². The van der Waals surface area contributed by atoms with E-state index in [0.717, 1.165) is 19.5 Å². The van der Waals surface area contributed by atoms with Crippen LogP contribution >= 0.6 is 11.3 Å². The first-order chi connectivity index (χ1) is 9.27. The first kappa shape index (κ1) is 16.2. The van der Waals surface area contributed by atoms with Gasteiger partial charge in [0.1, 0.15) is 0 Å². The van der Waals surface area contributed by atoms with Gasteiger partial charge in [-0.15, -0.1) is 11.3 Å². The van der Waals surface area contributed by atoms with Crippen molar-refractivity contribution >= 4 is 17.2 Å². The molecule has 0 saturated carbocycles. The first-order valence-electron chi connectivity index (χ1n) is 7.58. The highest BCUT2D eigenvalue weighted by molar-refractivity contribution is 7.10. The monoisotopic (exact) mass is 281 g/mol. The zero-order chi connectivity index (χ0) is 13.9. The van der Waals surface area contributed by atoms with Gasteiger partial charge in [-0.3, -0.25) is 4.79 Å². The summed E-state index contributed by atoms with van der Waals surface area (Å²) in [5.74, 6) is 0.276. The highest BCUT2D eigenvalue weighted by Crippen LogP contribution is 2.11. The Kier molecular flexibility index (Phi) is 8.55. The molecule has 1 rings (SSSR count). The second-order valence-electron chi connectivity index (χ2n) is 5.00. The largest absolute Gasteiger partial charge is 0.343 e. The number of amides is 1. The SMILES string of the molecule is CCCCCCCCN(CC)C(=O)Cc1cccs1. The lowest BCUT2D eigenvalue weighted by atomic mass is 10.1. The standard InChI is InChI=1S/C16H27NOS/c1-3-5-6-7-8-9-12-17(4-2)16(18)14-15-11-10-13-19-15/h10-11,13H,3-9,12,14H2,1-2H3. The topological polar surface area (TPSA) is 20.3 Å². The maximum Gasteiger partial charge on any atom is 0.227 e. The molecule has 0 saturated heterocycles. The molecule has 1 amide bonds. The van der Waals surface area contributed by atoms with Crippen molar-refractivity contribution in [2.75, 3.05) is 13.1 Å². The third-order valence-electron chi connectivity index (χ3n) is 3.42. The number of hydrogen-bond acceptors (Lipinski definition) is 2. The van der Waals surface area contributed by atoms with Gasteiger partial charge in [0, 0.05) is 18.0 Å². The van der Waals surface area contributed by atoms with Crippen molar-refractivity contribution in [1.29, 1.82) is 0 Å². The Morgan fingerprint density at radius 3 is 2.53 bits per heavy atom. The number of nitrogens with zero attached hydrogens (tertiary/aromatic N) is 1. The lowest BCUT2D eigenvalue weighted by molar-refractivity contribution is -0.130. The fourth-order valence-electron chi connectivity index (χ4n) is 2.22. The summed E-state index contributed by atoms with van der Waals surface area (Å²) in [6, 6.07) is 4.05. The molecule has 0 aliphatic rings. The Hall–Kier alpha value is -0.830. The van der Waals surface area contributed by atoms with Crippen molar-refractivity contribution < 1.29 is 4.79 Å². The van der Waals surface area contributed by atoms with Crippen LogP contribution in [0, 0.1) is 0 Å². The van der Waals surface area contributed by atoms with Crippen LogP contribution in [0.25, 0.3) is 0 Å². The average Bonchev–Trinajstić information content (AvgIpc) is 2.90. The minimum Gasteiger partial charge on any atom is -0.343 e. The number of likely N-dealkylation sites (N-methyl/N-ethyl adjacent to an activating group) is 1. The molecule has 0 radical (unpaired) electrons. The third-order valence-corrected chi connectivity index (χ3v) is 4.30. The molecule has 1 aromatic heterocycles. The van der Waals surface area contributed by atoms with Gasteiger partial charge in [-0.05, 0) is 24.8 Å². The summed E-state index contributed by atoms with van der Waals surface area (Å²) in [5, 5.41) is 2.03. The summed E-state index contributed by atoms with van der Waals surface area (Å²) in [7, 11) is 0. The van der Waals surface area contributed by atoms with Crippen molar-refractivity contribution in [3.63, 3.8) is 0 Å². The molecule has 0 aromatic carbocycles. The van der Waals surface area contributed by atoms with Crippen molar-refractivity contribution in [3.8, 4) is 0 Å². The highest BCUT2D eigenvalue weighted by Gasteiger charge is 2.12. The van der Waals surface area contributed by atoms with E-state index in [1.165, 1.54) is 37.0 Å². The van der Waals surface area contributed by atoms with Gasteiger partial charge in [0.15, 0.2) is 0 Å². The molecular formula is C16H27NOS. The number of thiophene rings is 1. The van der Waals surface area contributed by atoms with Crippen LogP contribution < -0.4 is 0 Å². The number of hydrogen-bond donors (Lipinski definition) is 0. The molecule has 2 nitrogen and oxygen atoms in total. The Bertz CT molecular complexity index is 335. The second kappa shape index (κ2) is 10.0. The Balaban J connectivity index is 2.19. The van der Waals surface area contributed by atoms with Gasteiger partial charge < -0.3 is 4.90 Å². The fourth-order valence-corrected chi connectivity index (χ4v) is 2.91. The van der Waals surface area contributed by atoms with E-state index in [9.17, 15) is 4.79 Å². The van der Waals surface area contributed by atoms with Crippen LogP contribution in [0.1, 0.15) is 57.2 Å². The van der Waals surface area contributed by atoms with Crippen molar-refractivity contribution in [3.05, 3.63) is 22.4 Å².